The van der Waals surface area contributed by atoms with Crippen molar-refractivity contribution in [3.8, 4) is 0 Å². The summed E-state index contributed by atoms with van der Waals surface area (Å²) in [5.41, 5.74) is 6.90. The zero-order chi connectivity index (χ0) is 11.5. The molecular formula is C12H22N4. The Morgan fingerprint density at radius 2 is 2.19 bits per heavy atom. The summed E-state index contributed by atoms with van der Waals surface area (Å²) in [5, 5.41) is 3.55. The van der Waals surface area contributed by atoms with Crippen LogP contribution in [-0.4, -0.2) is 15.6 Å². The van der Waals surface area contributed by atoms with Gasteiger partial charge in [-0.15, -0.1) is 0 Å². The third-order valence-corrected chi connectivity index (χ3v) is 3.29. The minimum absolute atomic E-state index is 0.382. The van der Waals surface area contributed by atoms with Crippen molar-refractivity contribution >= 4 is 5.95 Å². The SMILES string of the molecule is CC(C)n1cc(CNC2CCCC2)nc1N. The molecule has 0 aliphatic heterocycles. The molecule has 1 aromatic heterocycles. The van der Waals surface area contributed by atoms with Gasteiger partial charge in [-0.25, -0.2) is 4.98 Å². The summed E-state index contributed by atoms with van der Waals surface area (Å²) in [6, 6.07) is 1.07. The van der Waals surface area contributed by atoms with Crippen LogP contribution in [0.25, 0.3) is 0 Å². The van der Waals surface area contributed by atoms with Gasteiger partial charge in [0.1, 0.15) is 0 Å². The van der Waals surface area contributed by atoms with Crippen molar-refractivity contribution in [2.24, 2.45) is 0 Å². The highest BCUT2D eigenvalue weighted by atomic mass is 15.2. The maximum Gasteiger partial charge on any atom is 0.200 e. The van der Waals surface area contributed by atoms with Crippen LogP contribution < -0.4 is 11.1 Å². The van der Waals surface area contributed by atoms with Crippen LogP contribution in [0.1, 0.15) is 51.3 Å². The average molecular weight is 222 g/mol. The average Bonchev–Trinajstić information content (AvgIpc) is 2.83. The van der Waals surface area contributed by atoms with Crippen molar-refractivity contribution in [3.05, 3.63) is 11.9 Å². The molecule has 1 saturated carbocycles. The number of nitrogen functional groups attached to an aromatic ring is 1. The van der Waals surface area contributed by atoms with Gasteiger partial charge in [-0.2, -0.15) is 0 Å². The molecule has 16 heavy (non-hydrogen) atoms. The predicted octanol–water partition coefficient (Wildman–Crippen LogP) is 2.08. The van der Waals surface area contributed by atoms with E-state index in [1.54, 1.807) is 0 Å². The molecule has 0 unspecified atom stereocenters. The second-order valence-electron chi connectivity index (χ2n) is 4.95. The Morgan fingerprint density at radius 3 is 2.75 bits per heavy atom. The fourth-order valence-electron chi connectivity index (χ4n) is 2.34. The number of nitrogens with zero attached hydrogens (tertiary/aromatic N) is 2. The quantitative estimate of drug-likeness (QED) is 0.820. The van der Waals surface area contributed by atoms with Gasteiger partial charge >= 0.3 is 0 Å². The number of anilines is 1. The lowest BCUT2D eigenvalue weighted by Crippen LogP contribution is -2.25. The lowest BCUT2D eigenvalue weighted by Gasteiger charge is -2.09. The van der Waals surface area contributed by atoms with E-state index in [1.165, 1.54) is 25.7 Å². The highest BCUT2D eigenvalue weighted by Crippen LogP contribution is 2.18. The fourth-order valence-corrected chi connectivity index (χ4v) is 2.34. The minimum atomic E-state index is 0.382. The Hall–Kier alpha value is -1.03. The molecule has 4 nitrogen and oxygen atoms in total. The zero-order valence-electron chi connectivity index (χ0n) is 10.2. The van der Waals surface area contributed by atoms with Gasteiger partial charge in [0.2, 0.25) is 5.95 Å². The molecule has 1 aromatic rings. The molecular weight excluding hydrogens is 200 g/mol. The van der Waals surface area contributed by atoms with Crippen LogP contribution in [0.4, 0.5) is 5.95 Å². The number of nitrogens with two attached hydrogens (primary N) is 1. The summed E-state index contributed by atoms with van der Waals surface area (Å²) >= 11 is 0. The molecule has 0 radical (unpaired) electrons. The normalized spacial score (nSPS) is 17.4. The van der Waals surface area contributed by atoms with Gasteiger partial charge in [-0.05, 0) is 26.7 Å². The van der Waals surface area contributed by atoms with E-state index in [-0.39, 0.29) is 0 Å². The van der Waals surface area contributed by atoms with E-state index < -0.39 is 0 Å². The van der Waals surface area contributed by atoms with Gasteiger partial charge in [-0.3, -0.25) is 0 Å². The van der Waals surface area contributed by atoms with Crippen LogP contribution in [-0.2, 0) is 6.54 Å². The number of aromatic nitrogens is 2. The molecule has 0 atom stereocenters. The monoisotopic (exact) mass is 222 g/mol. The van der Waals surface area contributed by atoms with Crippen LogP contribution in [0.5, 0.6) is 0 Å². The summed E-state index contributed by atoms with van der Waals surface area (Å²) in [6.45, 7) is 5.08. The Labute approximate surface area is 97.2 Å². The first-order valence-electron chi connectivity index (χ1n) is 6.23. The zero-order valence-corrected chi connectivity index (χ0v) is 10.2. The lowest BCUT2D eigenvalue weighted by molar-refractivity contribution is 0.519. The summed E-state index contributed by atoms with van der Waals surface area (Å²) in [4.78, 5) is 4.37. The van der Waals surface area contributed by atoms with Gasteiger partial charge in [-0.1, -0.05) is 12.8 Å². The third-order valence-electron chi connectivity index (χ3n) is 3.29. The smallest absolute Gasteiger partial charge is 0.200 e. The molecule has 0 saturated heterocycles. The standard InChI is InChI=1S/C12H22N4/c1-9(2)16-8-11(15-12(16)13)7-14-10-5-3-4-6-10/h8-10,14H,3-7H2,1-2H3,(H2,13,15). The van der Waals surface area contributed by atoms with Gasteiger partial charge in [0.05, 0.1) is 5.69 Å². The maximum atomic E-state index is 5.85. The van der Waals surface area contributed by atoms with Gasteiger partial charge in [0, 0.05) is 24.8 Å². The van der Waals surface area contributed by atoms with Crippen LogP contribution in [0.15, 0.2) is 6.20 Å². The van der Waals surface area contributed by atoms with Crippen molar-refractivity contribution in [1.29, 1.82) is 0 Å². The van der Waals surface area contributed by atoms with E-state index in [0.717, 1.165) is 12.2 Å². The van der Waals surface area contributed by atoms with Crippen molar-refractivity contribution < 1.29 is 0 Å². The Kier molecular flexibility index (Phi) is 3.49. The predicted molar refractivity (Wildman–Crippen MR) is 66.1 cm³/mol. The second kappa shape index (κ2) is 4.87. The van der Waals surface area contributed by atoms with E-state index in [9.17, 15) is 0 Å². The fraction of sp³-hybridized carbons (Fsp3) is 0.750. The van der Waals surface area contributed by atoms with E-state index in [1.807, 2.05) is 4.57 Å². The second-order valence-corrected chi connectivity index (χ2v) is 4.95. The number of nitrogens with one attached hydrogen (secondary N) is 1. The first-order chi connectivity index (χ1) is 7.66. The summed E-state index contributed by atoms with van der Waals surface area (Å²) in [5.74, 6) is 0.623. The molecule has 2 rings (SSSR count). The Morgan fingerprint density at radius 1 is 1.50 bits per heavy atom. The van der Waals surface area contributed by atoms with Crippen molar-refractivity contribution in [3.63, 3.8) is 0 Å². The molecule has 90 valence electrons. The summed E-state index contributed by atoms with van der Waals surface area (Å²) < 4.78 is 2.02. The van der Waals surface area contributed by atoms with E-state index in [4.69, 9.17) is 5.73 Å². The van der Waals surface area contributed by atoms with Crippen LogP contribution in [0, 0.1) is 0 Å². The largest absolute Gasteiger partial charge is 0.369 e. The summed E-state index contributed by atoms with van der Waals surface area (Å²) in [7, 11) is 0. The van der Waals surface area contributed by atoms with Gasteiger partial charge < -0.3 is 15.6 Å². The first kappa shape index (κ1) is 11.5. The van der Waals surface area contributed by atoms with Crippen molar-refractivity contribution in [2.45, 2.75) is 58.2 Å². The maximum absolute atomic E-state index is 5.85. The number of imidazole rings is 1. The number of hydrogen-bond acceptors (Lipinski definition) is 3. The molecule has 3 N–H and O–H groups in total. The molecule has 0 aromatic carbocycles. The van der Waals surface area contributed by atoms with E-state index in [0.29, 0.717) is 18.0 Å². The lowest BCUT2D eigenvalue weighted by atomic mass is 10.2. The number of rotatable bonds is 4. The molecule has 4 heteroatoms. The van der Waals surface area contributed by atoms with Crippen LogP contribution >= 0.6 is 0 Å². The van der Waals surface area contributed by atoms with Gasteiger partial charge in [0.15, 0.2) is 0 Å². The Bertz CT molecular complexity index is 337. The summed E-state index contributed by atoms with van der Waals surface area (Å²) in [6.07, 6.45) is 7.39. The molecule has 0 amide bonds. The Balaban J connectivity index is 1.91. The molecule has 1 aliphatic carbocycles. The van der Waals surface area contributed by atoms with Crippen molar-refractivity contribution in [1.82, 2.24) is 14.9 Å². The van der Waals surface area contributed by atoms with Crippen molar-refractivity contribution in [2.75, 3.05) is 5.73 Å². The molecule has 1 aliphatic rings. The highest BCUT2D eigenvalue weighted by molar-refractivity contribution is 5.22. The molecule has 1 heterocycles. The van der Waals surface area contributed by atoms with Crippen LogP contribution in [0.3, 0.4) is 0 Å². The topological polar surface area (TPSA) is 55.9 Å². The van der Waals surface area contributed by atoms with Gasteiger partial charge in [0.25, 0.3) is 0 Å². The highest BCUT2D eigenvalue weighted by Gasteiger charge is 2.15. The third kappa shape index (κ3) is 2.55. The number of hydrogen-bond donors (Lipinski definition) is 2. The van der Waals surface area contributed by atoms with E-state index in [2.05, 4.69) is 30.3 Å². The molecule has 0 bridgehead atoms. The molecule has 0 spiro atoms. The molecule has 1 fully saturated rings. The van der Waals surface area contributed by atoms with Crippen LogP contribution in [0.2, 0.25) is 0 Å². The first-order valence-corrected chi connectivity index (χ1v) is 6.23. The van der Waals surface area contributed by atoms with E-state index >= 15 is 0 Å². The minimum Gasteiger partial charge on any atom is -0.369 e.